The smallest absolute Gasteiger partial charge is 0.308 e. The number of hydrogen-bond donors (Lipinski definition) is 0. The summed E-state index contributed by atoms with van der Waals surface area (Å²) < 4.78 is 21.7. The Bertz CT molecular complexity index is 585. The second kappa shape index (κ2) is 8.04. The van der Waals surface area contributed by atoms with E-state index in [0.717, 1.165) is 40.2 Å². The molecule has 0 amide bonds. The van der Waals surface area contributed by atoms with E-state index in [4.69, 9.17) is 18.9 Å². The van der Waals surface area contributed by atoms with Crippen molar-refractivity contribution in [2.45, 2.75) is 50.9 Å². The van der Waals surface area contributed by atoms with Gasteiger partial charge < -0.3 is 18.9 Å². The van der Waals surface area contributed by atoms with Gasteiger partial charge in [-0.2, -0.15) is 0 Å². The molecule has 0 aromatic heterocycles. The van der Waals surface area contributed by atoms with Gasteiger partial charge in [0.25, 0.3) is 0 Å². The lowest BCUT2D eigenvalue weighted by Crippen LogP contribution is -2.09. The Balaban J connectivity index is 2.08. The summed E-state index contributed by atoms with van der Waals surface area (Å²) in [5.74, 6) is 1.28. The van der Waals surface area contributed by atoms with Crippen LogP contribution in [0.4, 0.5) is 0 Å². The number of benzene rings is 1. The van der Waals surface area contributed by atoms with E-state index in [1.165, 1.54) is 6.92 Å². The van der Waals surface area contributed by atoms with Crippen LogP contribution in [-0.4, -0.2) is 31.9 Å². The highest BCUT2D eigenvalue weighted by atomic mass is 32.2. The van der Waals surface area contributed by atoms with Gasteiger partial charge in [0.1, 0.15) is 23.7 Å². The van der Waals surface area contributed by atoms with Crippen LogP contribution >= 0.6 is 11.8 Å². The number of fused-ring (bicyclic) bond motifs is 1. The van der Waals surface area contributed by atoms with Crippen molar-refractivity contribution < 1.29 is 23.7 Å². The Morgan fingerprint density at radius 2 is 1.96 bits per heavy atom. The highest BCUT2D eigenvalue weighted by molar-refractivity contribution is 8.00. The Kier molecular flexibility index (Phi) is 6.33. The van der Waals surface area contributed by atoms with E-state index in [9.17, 15) is 4.79 Å². The predicted octanol–water partition coefficient (Wildman–Crippen LogP) is 3.75. The standard InChI is InChI=1S/C17H24O5S/c1-10-11(2)16-17(12(3)15(10)21-13(4)18)23-14(22-16)7-6-8-20-9-19-5/h14H,6-9H2,1-5H3. The van der Waals surface area contributed by atoms with E-state index in [2.05, 4.69) is 0 Å². The number of ether oxygens (including phenoxy) is 4. The lowest BCUT2D eigenvalue weighted by atomic mass is 10.0. The SMILES string of the molecule is COCOCCCC1Oc2c(C)c(C)c(OC(C)=O)c(C)c2S1. The minimum Gasteiger partial charge on any atom is -0.478 e. The molecule has 1 heterocycles. The van der Waals surface area contributed by atoms with E-state index in [1.54, 1.807) is 18.9 Å². The molecule has 1 aliphatic heterocycles. The van der Waals surface area contributed by atoms with E-state index >= 15 is 0 Å². The third kappa shape index (κ3) is 4.19. The van der Waals surface area contributed by atoms with Crippen molar-refractivity contribution in [3.8, 4) is 11.5 Å². The minimum atomic E-state index is -0.300. The second-order valence-corrected chi connectivity index (χ2v) is 6.75. The van der Waals surface area contributed by atoms with Crippen molar-refractivity contribution in [2.24, 2.45) is 0 Å². The van der Waals surface area contributed by atoms with Crippen LogP contribution in [0.3, 0.4) is 0 Å². The molecule has 0 saturated carbocycles. The summed E-state index contributed by atoms with van der Waals surface area (Å²) in [6.07, 6.45) is 1.80. The molecule has 5 nitrogen and oxygen atoms in total. The Morgan fingerprint density at radius 3 is 2.61 bits per heavy atom. The molecule has 1 aromatic carbocycles. The molecular formula is C17H24O5S. The highest BCUT2D eigenvalue weighted by Crippen LogP contribution is 2.50. The van der Waals surface area contributed by atoms with Crippen molar-refractivity contribution in [2.75, 3.05) is 20.5 Å². The van der Waals surface area contributed by atoms with Crippen LogP contribution < -0.4 is 9.47 Å². The Labute approximate surface area is 141 Å². The summed E-state index contributed by atoms with van der Waals surface area (Å²) in [6, 6.07) is 0. The van der Waals surface area contributed by atoms with Crippen molar-refractivity contribution in [3.05, 3.63) is 16.7 Å². The maximum absolute atomic E-state index is 11.3. The molecule has 1 aromatic rings. The predicted molar refractivity (Wildman–Crippen MR) is 89.3 cm³/mol. The van der Waals surface area contributed by atoms with Crippen molar-refractivity contribution in [1.82, 2.24) is 0 Å². The molecular weight excluding hydrogens is 316 g/mol. The molecule has 128 valence electrons. The van der Waals surface area contributed by atoms with Gasteiger partial charge in [-0.25, -0.2) is 0 Å². The second-order valence-electron chi connectivity index (χ2n) is 5.58. The van der Waals surface area contributed by atoms with Crippen LogP contribution in [0.15, 0.2) is 4.90 Å². The van der Waals surface area contributed by atoms with E-state index in [-0.39, 0.29) is 11.4 Å². The Morgan fingerprint density at radius 1 is 1.22 bits per heavy atom. The fraction of sp³-hybridized carbons (Fsp3) is 0.588. The van der Waals surface area contributed by atoms with Crippen LogP contribution in [0, 0.1) is 20.8 Å². The summed E-state index contributed by atoms with van der Waals surface area (Å²) in [7, 11) is 1.61. The largest absolute Gasteiger partial charge is 0.478 e. The quantitative estimate of drug-likeness (QED) is 0.326. The van der Waals surface area contributed by atoms with Gasteiger partial charge in [-0.3, -0.25) is 4.79 Å². The van der Waals surface area contributed by atoms with Crippen molar-refractivity contribution in [1.29, 1.82) is 0 Å². The summed E-state index contributed by atoms with van der Waals surface area (Å²) in [5.41, 5.74) is 3.04. The van der Waals surface area contributed by atoms with E-state index < -0.39 is 0 Å². The average Bonchev–Trinajstić information content (AvgIpc) is 2.93. The number of esters is 1. The summed E-state index contributed by atoms with van der Waals surface area (Å²) in [5, 5.41) is 0. The number of hydrogen-bond acceptors (Lipinski definition) is 6. The molecule has 0 N–H and O–H groups in total. The van der Waals surface area contributed by atoms with Gasteiger partial charge in [-0.15, -0.1) is 0 Å². The van der Waals surface area contributed by atoms with Gasteiger partial charge in [0.05, 0.1) is 4.90 Å². The van der Waals surface area contributed by atoms with E-state index in [1.807, 2.05) is 20.8 Å². The number of rotatable bonds is 7. The zero-order valence-electron chi connectivity index (χ0n) is 14.4. The van der Waals surface area contributed by atoms with Gasteiger partial charge in [-0.1, -0.05) is 11.8 Å². The molecule has 0 radical (unpaired) electrons. The molecule has 2 rings (SSSR count). The van der Waals surface area contributed by atoms with Gasteiger partial charge in [0.2, 0.25) is 0 Å². The molecule has 0 saturated heterocycles. The van der Waals surface area contributed by atoms with Gasteiger partial charge >= 0.3 is 5.97 Å². The van der Waals surface area contributed by atoms with E-state index in [0.29, 0.717) is 19.1 Å². The monoisotopic (exact) mass is 340 g/mol. The Hall–Kier alpha value is -1.24. The lowest BCUT2D eigenvalue weighted by Gasteiger charge is -2.15. The topological polar surface area (TPSA) is 54.0 Å². The first kappa shape index (κ1) is 18.1. The van der Waals surface area contributed by atoms with Gasteiger partial charge in [-0.05, 0) is 44.7 Å². The summed E-state index contributed by atoms with van der Waals surface area (Å²) in [4.78, 5) is 12.4. The highest BCUT2D eigenvalue weighted by Gasteiger charge is 2.30. The summed E-state index contributed by atoms with van der Waals surface area (Å²) in [6.45, 7) is 8.34. The zero-order valence-corrected chi connectivity index (χ0v) is 15.2. The lowest BCUT2D eigenvalue weighted by molar-refractivity contribution is -0.132. The van der Waals surface area contributed by atoms with Crippen molar-refractivity contribution in [3.63, 3.8) is 0 Å². The fourth-order valence-corrected chi connectivity index (χ4v) is 3.81. The fourth-order valence-electron chi connectivity index (χ4n) is 2.55. The van der Waals surface area contributed by atoms with Crippen LogP contribution in [0.25, 0.3) is 0 Å². The molecule has 1 aliphatic rings. The molecule has 0 aliphatic carbocycles. The van der Waals surface area contributed by atoms with Crippen LogP contribution in [0.5, 0.6) is 11.5 Å². The first-order valence-corrected chi connectivity index (χ1v) is 8.55. The molecule has 0 bridgehead atoms. The first-order valence-electron chi connectivity index (χ1n) is 7.67. The molecule has 23 heavy (non-hydrogen) atoms. The van der Waals surface area contributed by atoms with Crippen LogP contribution in [-0.2, 0) is 14.3 Å². The normalized spacial score (nSPS) is 16.1. The molecule has 6 heteroatoms. The number of thioether (sulfide) groups is 1. The molecule has 1 atom stereocenters. The molecule has 0 fully saturated rings. The zero-order chi connectivity index (χ0) is 17.0. The minimum absolute atomic E-state index is 0.0699. The number of methoxy groups -OCH3 is 1. The van der Waals surface area contributed by atoms with Crippen LogP contribution in [0.2, 0.25) is 0 Å². The van der Waals surface area contributed by atoms with Gasteiger partial charge in [0.15, 0.2) is 0 Å². The average molecular weight is 340 g/mol. The third-order valence-electron chi connectivity index (χ3n) is 3.81. The van der Waals surface area contributed by atoms with Crippen LogP contribution in [0.1, 0.15) is 36.5 Å². The molecule has 1 unspecified atom stereocenters. The number of carbonyl (C=O) groups excluding carboxylic acids is 1. The third-order valence-corrected chi connectivity index (χ3v) is 5.13. The first-order chi connectivity index (χ1) is 11.0. The maximum atomic E-state index is 11.3. The molecule has 0 spiro atoms. The van der Waals surface area contributed by atoms with Crippen molar-refractivity contribution >= 4 is 17.7 Å². The summed E-state index contributed by atoms with van der Waals surface area (Å²) >= 11 is 1.69. The maximum Gasteiger partial charge on any atom is 0.308 e. The number of carbonyl (C=O) groups is 1. The van der Waals surface area contributed by atoms with Gasteiger partial charge in [0, 0.05) is 26.2 Å².